The molecule has 0 bridgehead atoms. The van der Waals surface area contributed by atoms with E-state index in [2.05, 4.69) is 22.8 Å². The predicted molar refractivity (Wildman–Crippen MR) is 70.6 cm³/mol. The number of allylic oxidation sites excluding steroid dienone is 3. The first-order valence-electron chi connectivity index (χ1n) is 6.29. The smallest absolute Gasteiger partial charge is 0.228 e. The molecule has 0 saturated heterocycles. The van der Waals surface area contributed by atoms with Gasteiger partial charge in [0.05, 0.1) is 5.92 Å². The summed E-state index contributed by atoms with van der Waals surface area (Å²) in [5.74, 6) is 0.0503. The molecule has 0 spiro atoms. The standard InChI is InChI=1S/C15H16N2O/c18-15(11-6-2-1-3-7-11)17-14-13-9-5-4-8-12(13)10-16-14/h1-6,8-9,11,14,16H,7,10H2,(H,17,18)/t11?,14-/m0/s1. The molecule has 0 fully saturated rings. The van der Waals surface area contributed by atoms with Crippen LogP contribution >= 0.6 is 0 Å². The fourth-order valence-corrected chi connectivity index (χ4v) is 2.45. The summed E-state index contributed by atoms with van der Waals surface area (Å²) in [6.45, 7) is 0.821. The maximum atomic E-state index is 12.1. The lowest BCUT2D eigenvalue weighted by molar-refractivity contribution is -0.124. The van der Waals surface area contributed by atoms with Crippen molar-refractivity contribution >= 4 is 5.91 Å². The molecular weight excluding hydrogens is 224 g/mol. The lowest BCUT2D eigenvalue weighted by Crippen LogP contribution is -2.37. The van der Waals surface area contributed by atoms with Crippen LogP contribution in [-0.4, -0.2) is 5.91 Å². The largest absolute Gasteiger partial charge is 0.336 e. The number of amides is 1. The highest BCUT2D eigenvalue weighted by Gasteiger charge is 2.25. The zero-order valence-corrected chi connectivity index (χ0v) is 10.1. The molecule has 92 valence electrons. The van der Waals surface area contributed by atoms with Crippen molar-refractivity contribution in [1.82, 2.24) is 10.6 Å². The van der Waals surface area contributed by atoms with E-state index in [1.54, 1.807) is 0 Å². The van der Waals surface area contributed by atoms with E-state index >= 15 is 0 Å². The van der Waals surface area contributed by atoms with Crippen LogP contribution in [0.5, 0.6) is 0 Å². The van der Waals surface area contributed by atoms with Crippen molar-refractivity contribution in [1.29, 1.82) is 0 Å². The minimum Gasteiger partial charge on any atom is -0.336 e. The number of fused-ring (bicyclic) bond motifs is 1. The second-order valence-electron chi connectivity index (χ2n) is 4.68. The maximum absolute atomic E-state index is 12.1. The maximum Gasteiger partial charge on any atom is 0.228 e. The van der Waals surface area contributed by atoms with Gasteiger partial charge in [-0.15, -0.1) is 0 Å². The van der Waals surface area contributed by atoms with Crippen LogP contribution in [0, 0.1) is 5.92 Å². The van der Waals surface area contributed by atoms with E-state index in [1.165, 1.54) is 11.1 Å². The van der Waals surface area contributed by atoms with Crippen molar-refractivity contribution in [2.45, 2.75) is 19.1 Å². The fourth-order valence-electron chi connectivity index (χ4n) is 2.45. The average molecular weight is 240 g/mol. The van der Waals surface area contributed by atoms with Crippen molar-refractivity contribution in [2.75, 3.05) is 0 Å². The molecule has 1 aliphatic carbocycles. The third-order valence-corrected chi connectivity index (χ3v) is 3.47. The highest BCUT2D eigenvalue weighted by atomic mass is 16.2. The molecule has 1 unspecified atom stereocenters. The third kappa shape index (κ3) is 2.09. The SMILES string of the molecule is O=C(N[C@@H]1NCc2ccccc21)C1C=CC=CC1. The Balaban J connectivity index is 1.69. The molecule has 2 atom stereocenters. The van der Waals surface area contributed by atoms with Gasteiger partial charge >= 0.3 is 0 Å². The first kappa shape index (κ1) is 11.2. The molecule has 1 aromatic rings. The quantitative estimate of drug-likeness (QED) is 0.830. The van der Waals surface area contributed by atoms with E-state index in [4.69, 9.17) is 0 Å². The molecule has 1 aliphatic heterocycles. The Kier molecular flexibility index (Phi) is 2.99. The molecule has 3 nitrogen and oxygen atoms in total. The molecule has 0 radical (unpaired) electrons. The van der Waals surface area contributed by atoms with Gasteiger partial charge < -0.3 is 5.32 Å². The van der Waals surface area contributed by atoms with Gasteiger partial charge in [0, 0.05) is 6.54 Å². The number of nitrogens with one attached hydrogen (secondary N) is 2. The van der Waals surface area contributed by atoms with Crippen molar-refractivity contribution in [3.8, 4) is 0 Å². The minimum absolute atomic E-state index is 0.0374. The Labute approximate surface area is 107 Å². The predicted octanol–water partition coefficient (Wildman–Crippen LogP) is 2.04. The fraction of sp³-hybridized carbons (Fsp3) is 0.267. The van der Waals surface area contributed by atoms with Crippen LogP contribution < -0.4 is 10.6 Å². The van der Waals surface area contributed by atoms with Crippen LogP contribution in [0.15, 0.2) is 48.6 Å². The van der Waals surface area contributed by atoms with Crippen molar-refractivity contribution in [2.24, 2.45) is 5.92 Å². The summed E-state index contributed by atoms with van der Waals surface area (Å²) in [4.78, 5) is 12.1. The van der Waals surface area contributed by atoms with E-state index in [9.17, 15) is 4.79 Å². The Bertz CT molecular complexity index is 519. The molecule has 2 N–H and O–H groups in total. The van der Waals surface area contributed by atoms with Gasteiger partial charge in [-0.3, -0.25) is 10.1 Å². The zero-order chi connectivity index (χ0) is 12.4. The Morgan fingerprint density at radius 2 is 2.17 bits per heavy atom. The summed E-state index contributed by atoms with van der Waals surface area (Å²) in [6.07, 6.45) is 8.64. The monoisotopic (exact) mass is 240 g/mol. The molecule has 3 rings (SSSR count). The van der Waals surface area contributed by atoms with Crippen LogP contribution in [0.4, 0.5) is 0 Å². The highest BCUT2D eigenvalue weighted by molar-refractivity contribution is 5.81. The van der Waals surface area contributed by atoms with Crippen LogP contribution in [0.2, 0.25) is 0 Å². The van der Waals surface area contributed by atoms with Gasteiger partial charge in [-0.25, -0.2) is 0 Å². The summed E-state index contributed by atoms with van der Waals surface area (Å²) < 4.78 is 0. The number of benzene rings is 1. The first-order chi connectivity index (χ1) is 8.84. The Morgan fingerprint density at radius 1 is 1.28 bits per heavy atom. The molecule has 0 saturated carbocycles. The summed E-state index contributed by atoms with van der Waals surface area (Å²) in [5.41, 5.74) is 2.45. The van der Waals surface area contributed by atoms with E-state index in [0.717, 1.165) is 13.0 Å². The van der Waals surface area contributed by atoms with Crippen molar-refractivity contribution < 1.29 is 4.79 Å². The van der Waals surface area contributed by atoms with Gasteiger partial charge in [0.1, 0.15) is 6.17 Å². The van der Waals surface area contributed by atoms with Gasteiger partial charge in [0.15, 0.2) is 0 Å². The summed E-state index contributed by atoms with van der Waals surface area (Å²) in [7, 11) is 0. The molecule has 18 heavy (non-hydrogen) atoms. The number of hydrogen-bond donors (Lipinski definition) is 2. The van der Waals surface area contributed by atoms with Crippen LogP contribution in [0.1, 0.15) is 23.7 Å². The normalized spacial score (nSPS) is 24.9. The molecule has 3 heteroatoms. The van der Waals surface area contributed by atoms with Gasteiger partial charge in [-0.05, 0) is 17.5 Å². The molecule has 1 heterocycles. The summed E-state index contributed by atoms with van der Waals surface area (Å²) in [5, 5.41) is 6.39. The van der Waals surface area contributed by atoms with Crippen LogP contribution in [0.25, 0.3) is 0 Å². The van der Waals surface area contributed by atoms with E-state index < -0.39 is 0 Å². The molecule has 1 amide bonds. The van der Waals surface area contributed by atoms with Gasteiger partial charge in [-0.2, -0.15) is 0 Å². The van der Waals surface area contributed by atoms with E-state index in [0.29, 0.717) is 0 Å². The van der Waals surface area contributed by atoms with Crippen LogP contribution in [-0.2, 0) is 11.3 Å². The Morgan fingerprint density at radius 3 is 3.00 bits per heavy atom. The number of carbonyl (C=O) groups is 1. The molecule has 0 aromatic heterocycles. The second-order valence-corrected chi connectivity index (χ2v) is 4.68. The lowest BCUT2D eigenvalue weighted by Gasteiger charge is -2.18. The highest BCUT2D eigenvalue weighted by Crippen LogP contribution is 2.23. The molecular formula is C15H16N2O. The van der Waals surface area contributed by atoms with Crippen molar-refractivity contribution in [3.05, 3.63) is 59.7 Å². The minimum atomic E-state index is -0.0481. The summed E-state index contributed by atoms with van der Waals surface area (Å²) >= 11 is 0. The second kappa shape index (κ2) is 4.78. The Hall–Kier alpha value is -1.87. The summed E-state index contributed by atoms with van der Waals surface area (Å²) in [6, 6.07) is 8.20. The average Bonchev–Trinajstić information content (AvgIpc) is 2.83. The first-order valence-corrected chi connectivity index (χ1v) is 6.29. The molecule has 2 aliphatic rings. The van der Waals surface area contributed by atoms with E-state index in [1.807, 2.05) is 36.4 Å². The number of rotatable bonds is 2. The molecule has 1 aromatic carbocycles. The lowest BCUT2D eigenvalue weighted by atomic mass is 9.99. The number of hydrogen-bond acceptors (Lipinski definition) is 2. The third-order valence-electron chi connectivity index (χ3n) is 3.47. The topological polar surface area (TPSA) is 41.1 Å². The van der Waals surface area contributed by atoms with Gasteiger partial charge in [-0.1, -0.05) is 48.6 Å². The van der Waals surface area contributed by atoms with Crippen molar-refractivity contribution in [3.63, 3.8) is 0 Å². The van der Waals surface area contributed by atoms with Gasteiger partial charge in [0.2, 0.25) is 5.91 Å². The number of carbonyl (C=O) groups excluding carboxylic acids is 1. The zero-order valence-electron chi connectivity index (χ0n) is 10.1. The van der Waals surface area contributed by atoms with Crippen LogP contribution in [0.3, 0.4) is 0 Å². The van der Waals surface area contributed by atoms with E-state index in [-0.39, 0.29) is 18.0 Å². The van der Waals surface area contributed by atoms with Gasteiger partial charge in [0.25, 0.3) is 0 Å².